The highest BCUT2D eigenvalue weighted by Gasteiger charge is 2.21. The Morgan fingerprint density at radius 3 is 2.25 bits per heavy atom. The van der Waals surface area contributed by atoms with E-state index >= 15 is 0 Å². The summed E-state index contributed by atoms with van der Waals surface area (Å²) >= 11 is 0. The second kappa shape index (κ2) is 15.7. The minimum atomic E-state index is -0.821. The van der Waals surface area contributed by atoms with E-state index in [1.54, 1.807) is 7.11 Å². The molecular formula is C40H43N3O5. The summed E-state index contributed by atoms with van der Waals surface area (Å²) in [6.07, 6.45) is 4.20. The van der Waals surface area contributed by atoms with Crippen LogP contribution in [0.15, 0.2) is 109 Å². The normalized spacial score (nSPS) is 14.1. The molecule has 1 N–H and O–H groups in total. The summed E-state index contributed by atoms with van der Waals surface area (Å²) in [5, 5.41) is 9.92. The number of nitrogens with zero attached hydrogens (tertiary/aromatic N) is 3. The Kier molecular flexibility index (Phi) is 10.7. The fourth-order valence-corrected chi connectivity index (χ4v) is 6.58. The molecule has 5 aromatic rings. The third-order valence-electron chi connectivity index (χ3n) is 9.13. The number of ketones is 1. The number of aromatic nitrogens is 1. The second-order valence-electron chi connectivity index (χ2n) is 12.3. The fraction of sp³-hybridized carbons (Fsp3) is 0.300. The molecule has 1 atom stereocenters. The number of methoxy groups -OCH3 is 1. The van der Waals surface area contributed by atoms with Gasteiger partial charge < -0.3 is 24.0 Å². The number of carbonyl (C=O) groups is 2. The smallest absolute Gasteiger partial charge is 0.303 e. The topological polar surface area (TPSA) is 84.2 Å². The van der Waals surface area contributed by atoms with Gasteiger partial charge in [-0.1, -0.05) is 60.7 Å². The predicted octanol–water partition coefficient (Wildman–Crippen LogP) is 7.47. The number of anilines is 1. The maximum atomic E-state index is 13.7. The van der Waals surface area contributed by atoms with E-state index in [9.17, 15) is 9.59 Å². The Morgan fingerprint density at radius 1 is 0.792 bits per heavy atom. The van der Waals surface area contributed by atoms with Gasteiger partial charge in [-0.15, -0.1) is 0 Å². The Bertz CT molecular complexity index is 1810. The second-order valence-corrected chi connectivity index (χ2v) is 12.3. The van der Waals surface area contributed by atoms with Gasteiger partial charge in [-0.2, -0.15) is 0 Å². The number of ether oxygens (including phenoxy) is 2. The van der Waals surface area contributed by atoms with Gasteiger partial charge in [0.15, 0.2) is 5.78 Å². The summed E-state index contributed by atoms with van der Waals surface area (Å²) in [5.74, 6) is 0.754. The third-order valence-corrected chi connectivity index (χ3v) is 9.13. The lowest BCUT2D eigenvalue weighted by Gasteiger charge is -2.36. The lowest BCUT2D eigenvalue weighted by atomic mass is 10.0. The monoisotopic (exact) mass is 645 g/mol. The molecule has 2 heterocycles. The minimum absolute atomic E-state index is 0.0693. The zero-order valence-corrected chi connectivity index (χ0v) is 27.5. The van der Waals surface area contributed by atoms with Gasteiger partial charge >= 0.3 is 5.97 Å². The molecule has 0 saturated carbocycles. The average Bonchev–Trinajstić information content (AvgIpc) is 3.50. The van der Waals surface area contributed by atoms with Crippen molar-refractivity contribution in [2.24, 2.45) is 0 Å². The Balaban J connectivity index is 1.08. The molecule has 0 bridgehead atoms. The van der Waals surface area contributed by atoms with E-state index in [1.165, 1.54) is 0 Å². The number of fused-ring (bicyclic) bond motifs is 1. The number of rotatable bonds is 15. The van der Waals surface area contributed by atoms with Crippen LogP contribution in [-0.4, -0.2) is 66.2 Å². The first-order valence-corrected chi connectivity index (χ1v) is 16.8. The number of carboxylic acids is 1. The largest absolute Gasteiger partial charge is 0.495 e. The van der Waals surface area contributed by atoms with E-state index in [0.29, 0.717) is 24.1 Å². The van der Waals surface area contributed by atoms with E-state index in [2.05, 4.69) is 34.1 Å². The summed E-state index contributed by atoms with van der Waals surface area (Å²) in [6, 6.07) is 33.7. The first-order valence-electron chi connectivity index (χ1n) is 16.8. The number of piperazine rings is 1. The van der Waals surface area contributed by atoms with E-state index in [4.69, 9.17) is 14.6 Å². The molecular weight excluding hydrogens is 602 g/mol. The molecule has 0 amide bonds. The van der Waals surface area contributed by atoms with Crippen molar-refractivity contribution >= 4 is 28.3 Å². The SMILES string of the molecule is COc1ccccc1N1CCN(CCCC(Oc2ccc(C(=O)c3cn(CCCC(=O)O)c4ccccc34)cc2)c2ccccc2)CC1. The predicted molar refractivity (Wildman–Crippen MR) is 189 cm³/mol. The Hall–Kier alpha value is -5.08. The first kappa shape index (κ1) is 32.8. The van der Waals surface area contributed by atoms with Crippen molar-refractivity contribution in [1.29, 1.82) is 0 Å². The maximum absolute atomic E-state index is 13.7. The molecule has 1 unspecified atom stereocenters. The van der Waals surface area contributed by atoms with Crippen molar-refractivity contribution in [2.45, 2.75) is 38.3 Å². The molecule has 0 radical (unpaired) electrons. The van der Waals surface area contributed by atoms with Crippen molar-refractivity contribution in [3.63, 3.8) is 0 Å². The van der Waals surface area contributed by atoms with Crippen LogP contribution in [-0.2, 0) is 11.3 Å². The van der Waals surface area contributed by atoms with Gasteiger partial charge in [0.2, 0.25) is 0 Å². The van der Waals surface area contributed by atoms with Crippen LogP contribution < -0.4 is 14.4 Å². The van der Waals surface area contributed by atoms with Gasteiger partial charge in [0.1, 0.15) is 17.6 Å². The molecule has 8 heteroatoms. The summed E-state index contributed by atoms with van der Waals surface area (Å²) in [6.45, 7) is 5.48. The molecule has 248 valence electrons. The van der Waals surface area contributed by atoms with Crippen molar-refractivity contribution in [3.8, 4) is 11.5 Å². The zero-order chi connectivity index (χ0) is 33.3. The first-order chi connectivity index (χ1) is 23.5. The van der Waals surface area contributed by atoms with Crippen LogP contribution in [0.2, 0.25) is 0 Å². The highest BCUT2D eigenvalue weighted by Crippen LogP contribution is 2.30. The molecule has 4 aromatic carbocycles. The van der Waals surface area contributed by atoms with Gasteiger partial charge in [-0.3, -0.25) is 14.5 Å². The van der Waals surface area contributed by atoms with Gasteiger partial charge in [0.25, 0.3) is 0 Å². The number of benzene rings is 4. The molecule has 8 nitrogen and oxygen atoms in total. The fourth-order valence-electron chi connectivity index (χ4n) is 6.58. The van der Waals surface area contributed by atoms with E-state index in [1.807, 2.05) is 89.6 Å². The number of carbonyl (C=O) groups excluding carboxylic acids is 1. The number of carboxylic acid groups (broad SMARTS) is 1. The van der Waals surface area contributed by atoms with Crippen LogP contribution in [0.25, 0.3) is 10.9 Å². The highest BCUT2D eigenvalue weighted by molar-refractivity contribution is 6.16. The van der Waals surface area contributed by atoms with Gasteiger partial charge in [0, 0.05) is 67.4 Å². The summed E-state index contributed by atoms with van der Waals surface area (Å²) < 4.78 is 14.1. The quantitative estimate of drug-likeness (QED) is 0.118. The molecule has 6 rings (SSSR count). The molecule has 48 heavy (non-hydrogen) atoms. The van der Waals surface area contributed by atoms with Crippen molar-refractivity contribution in [1.82, 2.24) is 9.47 Å². The lowest BCUT2D eigenvalue weighted by Crippen LogP contribution is -2.46. The third kappa shape index (κ3) is 7.89. The number of aryl methyl sites for hydroxylation is 1. The summed E-state index contributed by atoms with van der Waals surface area (Å²) in [5.41, 5.74) is 4.41. The minimum Gasteiger partial charge on any atom is -0.495 e. The highest BCUT2D eigenvalue weighted by atomic mass is 16.5. The van der Waals surface area contributed by atoms with Gasteiger partial charge in [-0.05, 0) is 73.8 Å². The molecule has 1 aliphatic heterocycles. The van der Waals surface area contributed by atoms with E-state index in [0.717, 1.165) is 79.2 Å². The molecule has 0 aliphatic carbocycles. The van der Waals surface area contributed by atoms with Crippen LogP contribution in [0, 0.1) is 0 Å². The molecule has 1 aliphatic rings. The maximum Gasteiger partial charge on any atom is 0.303 e. The lowest BCUT2D eigenvalue weighted by molar-refractivity contribution is -0.137. The molecule has 1 saturated heterocycles. The van der Waals surface area contributed by atoms with Crippen LogP contribution in [0.3, 0.4) is 0 Å². The number of hydrogen-bond donors (Lipinski definition) is 1. The van der Waals surface area contributed by atoms with E-state index < -0.39 is 5.97 Å². The molecule has 1 aromatic heterocycles. The summed E-state index contributed by atoms with van der Waals surface area (Å²) in [7, 11) is 1.73. The average molecular weight is 646 g/mol. The Morgan fingerprint density at radius 2 is 1.50 bits per heavy atom. The zero-order valence-electron chi connectivity index (χ0n) is 27.5. The Labute approximate surface area is 282 Å². The van der Waals surface area contributed by atoms with Crippen molar-refractivity contribution in [3.05, 3.63) is 126 Å². The van der Waals surface area contributed by atoms with Crippen LogP contribution in [0.1, 0.15) is 53.3 Å². The summed E-state index contributed by atoms with van der Waals surface area (Å²) in [4.78, 5) is 29.6. The van der Waals surface area contributed by atoms with E-state index in [-0.39, 0.29) is 18.3 Å². The van der Waals surface area contributed by atoms with Crippen molar-refractivity contribution < 1.29 is 24.2 Å². The molecule has 1 fully saturated rings. The number of hydrogen-bond acceptors (Lipinski definition) is 6. The van der Waals surface area contributed by atoms with Crippen LogP contribution in [0.5, 0.6) is 11.5 Å². The van der Waals surface area contributed by atoms with Crippen molar-refractivity contribution in [2.75, 3.05) is 44.7 Å². The standard InChI is InChI=1S/C40H43N3O5/c1-47-38-16-8-7-15-36(38)42-27-25-41(26-28-42)23-9-17-37(30-11-3-2-4-12-30)48-32-21-19-31(20-22-32)40(46)34-29-43(24-10-18-39(44)45)35-14-6-5-13-33(34)35/h2-8,11-16,19-22,29,37H,9-10,17-18,23-28H2,1H3,(H,44,45). The molecule has 0 spiro atoms. The number of aliphatic carboxylic acids is 1. The number of para-hydroxylation sites is 3. The van der Waals surface area contributed by atoms with Gasteiger partial charge in [0.05, 0.1) is 12.8 Å². The van der Waals surface area contributed by atoms with Crippen LogP contribution >= 0.6 is 0 Å². The van der Waals surface area contributed by atoms with Gasteiger partial charge in [-0.25, -0.2) is 0 Å². The van der Waals surface area contributed by atoms with Crippen LogP contribution in [0.4, 0.5) is 5.69 Å².